The number of aliphatic hydroxyl groups is 1. The van der Waals surface area contributed by atoms with Gasteiger partial charge in [-0.15, -0.1) is 0 Å². The van der Waals surface area contributed by atoms with Crippen molar-refractivity contribution in [1.29, 1.82) is 0 Å². The van der Waals surface area contributed by atoms with E-state index < -0.39 is 48.1 Å². The first-order valence-electron chi connectivity index (χ1n) is 18.1. The zero-order valence-corrected chi connectivity index (χ0v) is 31.1. The first-order valence-corrected chi connectivity index (χ1v) is 18.1. The molecule has 2 amide bonds. The summed E-state index contributed by atoms with van der Waals surface area (Å²) in [7, 11) is 0. The molecule has 9 N–H and O–H groups in total. The third kappa shape index (κ3) is 11.9. The van der Waals surface area contributed by atoms with E-state index in [0.717, 1.165) is 19.3 Å². The lowest BCUT2D eigenvalue weighted by Gasteiger charge is -2.48. The van der Waals surface area contributed by atoms with Gasteiger partial charge < -0.3 is 47.3 Å². The van der Waals surface area contributed by atoms with E-state index in [1.165, 1.54) is 0 Å². The van der Waals surface area contributed by atoms with E-state index in [0.29, 0.717) is 37.3 Å². The van der Waals surface area contributed by atoms with Crippen LogP contribution in [0.5, 0.6) is 0 Å². The van der Waals surface area contributed by atoms with E-state index in [2.05, 4.69) is 39.9 Å². The van der Waals surface area contributed by atoms with Gasteiger partial charge in [0.05, 0.1) is 36.6 Å². The molecule has 10 atom stereocenters. The van der Waals surface area contributed by atoms with Crippen molar-refractivity contribution in [3.63, 3.8) is 0 Å². The average molecular weight is 692 g/mol. The standard InChI is InChI=1S/C36H65N7O6/c1-10-23-15-22(13-14-36(23,9)46)16-25-27(40-30(45)20-38)17-28(41-29(44)18-34(3,4)5)32(31(25)43-47)49-33-26(12-11-24(19-37)48-33)39-21(2)42-35(6,7)8/h11,22-23,25-28,31-33,39,42,46H,2,10,12-20,37-38H2,1,3-9H3,(H,40,45)(H,41,44)/t22?,23-,25+,26-,27-,28?,31?,32-,33-,36+/m1/s1. The zero-order chi connectivity index (χ0) is 36.7. The van der Waals surface area contributed by atoms with Crippen LogP contribution in [0.3, 0.4) is 0 Å². The van der Waals surface area contributed by atoms with Crippen LogP contribution in [0.15, 0.2) is 29.4 Å². The Morgan fingerprint density at radius 1 is 1.08 bits per heavy atom. The molecule has 0 spiro atoms. The number of hydrogen-bond acceptors (Lipinski definition) is 11. The summed E-state index contributed by atoms with van der Waals surface area (Å²) in [4.78, 5) is 39.2. The van der Waals surface area contributed by atoms with E-state index >= 15 is 0 Å². The molecule has 13 nitrogen and oxygen atoms in total. The second-order valence-corrected chi connectivity index (χ2v) is 16.9. The van der Waals surface area contributed by atoms with Gasteiger partial charge in [0.25, 0.3) is 0 Å². The summed E-state index contributed by atoms with van der Waals surface area (Å²) in [6.07, 6.45) is 4.89. The smallest absolute Gasteiger partial charge is 0.233 e. The summed E-state index contributed by atoms with van der Waals surface area (Å²) in [5, 5.41) is 27.6. The number of carbonyl (C=O) groups is 2. The lowest BCUT2D eigenvalue weighted by molar-refractivity contribution is -0.194. The third-order valence-corrected chi connectivity index (χ3v) is 10.1. The predicted octanol–water partition coefficient (Wildman–Crippen LogP) is 3.26. The summed E-state index contributed by atoms with van der Waals surface area (Å²) in [5.74, 6) is 0.512. The van der Waals surface area contributed by atoms with E-state index in [4.69, 9.17) is 20.9 Å². The molecule has 0 saturated heterocycles. The minimum absolute atomic E-state index is 0.116. The Labute approximate surface area is 293 Å². The van der Waals surface area contributed by atoms with Crippen LogP contribution in [-0.4, -0.2) is 77.7 Å². The monoisotopic (exact) mass is 691 g/mol. The van der Waals surface area contributed by atoms with Crippen molar-refractivity contribution in [2.75, 3.05) is 13.1 Å². The minimum Gasteiger partial charge on any atom is -0.466 e. The van der Waals surface area contributed by atoms with Gasteiger partial charge in [-0.1, -0.05) is 45.9 Å². The molecule has 0 aromatic heterocycles. The zero-order valence-electron chi connectivity index (χ0n) is 31.1. The van der Waals surface area contributed by atoms with E-state index in [-0.39, 0.29) is 54.1 Å². The normalized spacial score (nSPS) is 33.8. The number of rotatable bonds is 14. The molecule has 1 aliphatic heterocycles. The van der Waals surface area contributed by atoms with Gasteiger partial charge in [-0.05, 0) is 89.5 Å². The minimum atomic E-state index is -0.938. The number of ether oxygens (including phenoxy) is 2. The molecule has 3 aliphatic rings. The third-order valence-electron chi connectivity index (χ3n) is 10.1. The summed E-state index contributed by atoms with van der Waals surface area (Å²) in [6.45, 7) is 20.1. The van der Waals surface area contributed by atoms with Crippen LogP contribution in [0.4, 0.5) is 0 Å². The van der Waals surface area contributed by atoms with E-state index in [1.807, 2.05) is 54.5 Å². The summed E-state index contributed by atoms with van der Waals surface area (Å²) in [6, 6.07) is -2.49. The maximum Gasteiger partial charge on any atom is 0.233 e. The number of amides is 2. The van der Waals surface area contributed by atoms with Crippen molar-refractivity contribution in [2.24, 2.45) is 39.8 Å². The average Bonchev–Trinajstić information content (AvgIpc) is 2.98. The molecule has 0 bridgehead atoms. The SMILES string of the molecule is C=C(N[C@@H]1CC=C(CN)O[C@@H]1O[C@@H]1C(NC(=O)CC(C)(C)C)C[C@@H](NC(=O)CN)[C@H](CC2CC[C@](C)(O)[C@H](CC)C2)C1N=O)NC(C)(C)C. The van der Waals surface area contributed by atoms with Crippen LogP contribution >= 0.6 is 0 Å². The Kier molecular flexibility index (Phi) is 14.1. The highest BCUT2D eigenvalue weighted by Crippen LogP contribution is 2.44. The van der Waals surface area contributed by atoms with E-state index in [9.17, 15) is 19.6 Å². The van der Waals surface area contributed by atoms with Crippen molar-refractivity contribution in [3.8, 4) is 0 Å². The number of carbonyl (C=O) groups excluding carboxylic acids is 2. The highest BCUT2D eigenvalue weighted by Gasteiger charge is 2.51. The fraction of sp³-hybridized carbons (Fsp3) is 0.833. The molecule has 0 aromatic rings. The van der Waals surface area contributed by atoms with Gasteiger partial charge in [-0.25, -0.2) is 0 Å². The molecule has 280 valence electrons. The Hall–Kier alpha value is -2.74. The summed E-state index contributed by atoms with van der Waals surface area (Å²) >= 11 is 0. The number of nitrogens with two attached hydrogens (primary N) is 2. The molecule has 2 aliphatic carbocycles. The van der Waals surface area contributed by atoms with Gasteiger partial charge in [-0.3, -0.25) is 9.59 Å². The second-order valence-electron chi connectivity index (χ2n) is 16.9. The summed E-state index contributed by atoms with van der Waals surface area (Å²) < 4.78 is 13.1. The number of nitrogens with one attached hydrogen (secondary N) is 4. The van der Waals surface area contributed by atoms with Crippen LogP contribution in [0.2, 0.25) is 0 Å². The van der Waals surface area contributed by atoms with Crippen LogP contribution in [0.25, 0.3) is 0 Å². The van der Waals surface area contributed by atoms with E-state index in [1.54, 1.807) is 0 Å². The Bertz CT molecular complexity index is 1180. The predicted molar refractivity (Wildman–Crippen MR) is 191 cm³/mol. The maximum absolute atomic E-state index is 13.4. The lowest BCUT2D eigenvalue weighted by atomic mass is 9.65. The lowest BCUT2D eigenvalue weighted by Crippen LogP contribution is -2.64. The topological polar surface area (TPSA) is 202 Å². The van der Waals surface area contributed by atoms with Gasteiger partial charge in [0.2, 0.25) is 18.1 Å². The number of nitrogens with zero attached hydrogens (tertiary/aromatic N) is 1. The van der Waals surface area contributed by atoms with Crippen molar-refractivity contribution >= 4 is 11.8 Å². The van der Waals surface area contributed by atoms with Gasteiger partial charge >= 0.3 is 0 Å². The molecule has 13 heteroatoms. The van der Waals surface area contributed by atoms with Crippen LogP contribution in [0.1, 0.15) is 107 Å². The van der Waals surface area contributed by atoms with Crippen molar-refractivity contribution in [2.45, 2.75) is 154 Å². The van der Waals surface area contributed by atoms with Gasteiger partial charge in [0.15, 0.2) is 0 Å². The van der Waals surface area contributed by atoms with Gasteiger partial charge in [-0.2, -0.15) is 4.91 Å². The fourth-order valence-electron chi connectivity index (χ4n) is 7.81. The maximum atomic E-state index is 13.4. The fourth-order valence-corrected chi connectivity index (χ4v) is 7.81. The highest BCUT2D eigenvalue weighted by atomic mass is 16.7. The van der Waals surface area contributed by atoms with Crippen molar-refractivity contribution < 1.29 is 24.2 Å². The largest absolute Gasteiger partial charge is 0.466 e. The quantitative estimate of drug-likeness (QED) is 0.133. The second kappa shape index (κ2) is 17.0. The Morgan fingerprint density at radius 2 is 1.76 bits per heavy atom. The molecule has 0 aromatic carbocycles. The molecule has 49 heavy (non-hydrogen) atoms. The van der Waals surface area contributed by atoms with Crippen LogP contribution < -0.4 is 32.7 Å². The number of nitroso groups, excluding NO2 is 1. The van der Waals surface area contributed by atoms with Gasteiger partial charge in [0.1, 0.15) is 17.9 Å². The van der Waals surface area contributed by atoms with Crippen LogP contribution in [0, 0.1) is 28.1 Å². The van der Waals surface area contributed by atoms with Crippen LogP contribution in [-0.2, 0) is 19.1 Å². The Morgan fingerprint density at radius 3 is 2.33 bits per heavy atom. The highest BCUT2D eigenvalue weighted by molar-refractivity contribution is 5.78. The molecule has 2 saturated carbocycles. The van der Waals surface area contributed by atoms with Crippen molar-refractivity contribution in [3.05, 3.63) is 29.1 Å². The molecular formula is C36H65N7O6. The molecule has 3 rings (SSSR count). The summed E-state index contributed by atoms with van der Waals surface area (Å²) in [5.41, 5.74) is 10.4. The molecule has 1 heterocycles. The van der Waals surface area contributed by atoms with Crippen molar-refractivity contribution in [1.82, 2.24) is 21.3 Å². The first kappa shape index (κ1) is 40.7. The molecule has 0 radical (unpaired) electrons. The first-order chi connectivity index (χ1) is 22.8. The Balaban J connectivity index is 2.01. The van der Waals surface area contributed by atoms with Gasteiger partial charge in [0, 0.05) is 23.9 Å². The molecule has 3 unspecified atom stereocenters. The number of hydrogen-bond donors (Lipinski definition) is 7. The molecule has 2 fully saturated rings. The molecular weight excluding hydrogens is 626 g/mol.